The Hall–Kier alpha value is -2.42. The predicted molar refractivity (Wildman–Crippen MR) is 132 cm³/mol. The van der Waals surface area contributed by atoms with Crippen LogP contribution in [0.25, 0.3) is 0 Å². The first-order valence-electron chi connectivity index (χ1n) is 10.1. The molecule has 7 nitrogen and oxygen atoms in total. The van der Waals surface area contributed by atoms with Crippen molar-refractivity contribution in [2.45, 2.75) is 27.7 Å². The molecule has 0 amide bonds. The number of hydrogen-bond donors (Lipinski definition) is 4. The van der Waals surface area contributed by atoms with Gasteiger partial charge >= 0.3 is 0 Å². The first kappa shape index (κ1) is 25.6. The number of thioether (sulfide) groups is 1. The van der Waals surface area contributed by atoms with E-state index in [9.17, 15) is 0 Å². The summed E-state index contributed by atoms with van der Waals surface area (Å²) in [4.78, 5) is 13.4. The van der Waals surface area contributed by atoms with E-state index in [0.717, 1.165) is 42.6 Å². The molecule has 2 aromatic rings. The van der Waals surface area contributed by atoms with Gasteiger partial charge in [-0.15, -0.1) is 11.8 Å². The molecule has 0 aliphatic heterocycles. The van der Waals surface area contributed by atoms with Crippen LogP contribution in [0.4, 0.5) is 11.6 Å². The number of anilines is 2. The van der Waals surface area contributed by atoms with E-state index in [0.29, 0.717) is 5.95 Å². The van der Waals surface area contributed by atoms with Crippen LogP contribution in [0.1, 0.15) is 30.7 Å². The van der Waals surface area contributed by atoms with Gasteiger partial charge in [-0.05, 0) is 62.5 Å². The Balaban J connectivity index is 0.00000141. The summed E-state index contributed by atoms with van der Waals surface area (Å²) in [6.45, 7) is 11.7. The summed E-state index contributed by atoms with van der Waals surface area (Å²) in [5.41, 5.74) is 9.03. The first-order valence-corrected chi connectivity index (χ1v) is 11.4. The molecule has 0 saturated carbocycles. The number of nitrogens with two attached hydrogens (primary N) is 1. The Morgan fingerprint density at radius 3 is 2.50 bits per heavy atom. The molecule has 1 aromatic carbocycles. The maximum Gasteiger partial charge on any atom is 0.227 e. The van der Waals surface area contributed by atoms with Crippen LogP contribution < -0.4 is 21.7 Å². The van der Waals surface area contributed by atoms with Gasteiger partial charge in [0, 0.05) is 37.4 Å². The fraction of sp³-hybridized carbons (Fsp3) is 0.409. The van der Waals surface area contributed by atoms with Gasteiger partial charge in [0.1, 0.15) is 10.7 Å². The number of aryl methyl sites for hydroxylation is 2. The number of hydrogen-bond acceptors (Lipinski definition) is 8. The highest BCUT2D eigenvalue weighted by Crippen LogP contribution is 2.18. The highest BCUT2D eigenvalue weighted by molar-refractivity contribution is 8.13. The third kappa shape index (κ3) is 10.4. The molecule has 8 heteroatoms. The van der Waals surface area contributed by atoms with Crippen LogP contribution in [0, 0.1) is 13.8 Å². The van der Waals surface area contributed by atoms with Crippen LogP contribution >= 0.6 is 11.8 Å². The SMILES string of the molecule is CCN.CCNCCN/C=C/N=C(SC)c1ccnc(Nc2cc(C)cc(C)c2)n1. The maximum atomic E-state index is 4.85. The lowest BCUT2D eigenvalue weighted by Gasteiger charge is -2.08. The van der Waals surface area contributed by atoms with Gasteiger partial charge in [0.2, 0.25) is 5.95 Å². The van der Waals surface area contributed by atoms with Crippen molar-refractivity contribution in [1.29, 1.82) is 0 Å². The molecule has 0 fully saturated rings. The van der Waals surface area contributed by atoms with Crippen molar-refractivity contribution in [2.75, 3.05) is 37.8 Å². The van der Waals surface area contributed by atoms with Crippen LogP contribution in [0.2, 0.25) is 0 Å². The largest absolute Gasteiger partial charge is 0.388 e. The molecule has 0 atom stereocenters. The zero-order valence-corrected chi connectivity index (χ0v) is 19.5. The molecule has 5 N–H and O–H groups in total. The van der Waals surface area contributed by atoms with Crippen molar-refractivity contribution in [1.82, 2.24) is 20.6 Å². The van der Waals surface area contributed by atoms with Crippen LogP contribution in [0.3, 0.4) is 0 Å². The number of benzene rings is 1. The lowest BCUT2D eigenvalue weighted by Crippen LogP contribution is -2.23. The lowest BCUT2D eigenvalue weighted by molar-refractivity contribution is 0.686. The predicted octanol–water partition coefficient (Wildman–Crippen LogP) is 3.58. The minimum Gasteiger partial charge on any atom is -0.388 e. The normalized spacial score (nSPS) is 11.2. The average molecular weight is 430 g/mol. The highest BCUT2D eigenvalue weighted by Gasteiger charge is 2.06. The van der Waals surface area contributed by atoms with Gasteiger partial charge in [-0.25, -0.2) is 15.0 Å². The van der Waals surface area contributed by atoms with Gasteiger partial charge in [0.25, 0.3) is 0 Å². The van der Waals surface area contributed by atoms with Crippen LogP contribution in [-0.4, -0.2) is 47.4 Å². The topological polar surface area (TPSA) is 100 Å². The van der Waals surface area contributed by atoms with Crippen LogP contribution in [-0.2, 0) is 0 Å². The molecule has 30 heavy (non-hydrogen) atoms. The number of nitrogens with one attached hydrogen (secondary N) is 3. The molecule has 0 aliphatic carbocycles. The van der Waals surface area contributed by atoms with Crippen molar-refractivity contribution in [3.05, 3.63) is 59.7 Å². The lowest BCUT2D eigenvalue weighted by atomic mass is 10.1. The second-order valence-corrected chi connectivity index (χ2v) is 7.23. The molecule has 0 bridgehead atoms. The van der Waals surface area contributed by atoms with Gasteiger partial charge < -0.3 is 21.7 Å². The molecule has 0 aliphatic rings. The quantitative estimate of drug-likeness (QED) is 0.275. The molecule has 0 saturated heterocycles. The summed E-state index contributed by atoms with van der Waals surface area (Å²) in [6, 6.07) is 8.16. The van der Waals surface area contributed by atoms with Crippen molar-refractivity contribution in [3.63, 3.8) is 0 Å². The summed E-state index contributed by atoms with van der Waals surface area (Å²) in [7, 11) is 0. The Kier molecular flexibility index (Phi) is 13.2. The molecule has 0 radical (unpaired) electrons. The summed E-state index contributed by atoms with van der Waals surface area (Å²) < 4.78 is 0. The fourth-order valence-corrected chi connectivity index (χ4v) is 3.00. The molecular weight excluding hydrogens is 394 g/mol. The number of nitrogens with zero attached hydrogens (tertiary/aromatic N) is 3. The van der Waals surface area contributed by atoms with Gasteiger partial charge in [0.15, 0.2) is 0 Å². The minimum absolute atomic E-state index is 0.562. The van der Waals surface area contributed by atoms with Crippen LogP contribution in [0.15, 0.2) is 47.9 Å². The Morgan fingerprint density at radius 2 is 1.87 bits per heavy atom. The van der Waals surface area contributed by atoms with E-state index in [4.69, 9.17) is 5.73 Å². The number of aromatic nitrogens is 2. The van der Waals surface area contributed by atoms with Crippen molar-refractivity contribution in [2.24, 2.45) is 10.7 Å². The third-order valence-corrected chi connectivity index (χ3v) is 4.33. The standard InChI is InChI=1S/C20H28N6S.C2H7N/c1-5-21-8-9-22-10-11-23-19(27-4)18-6-7-24-20(26-18)25-17-13-15(2)12-16(3)14-17;1-2-3/h6-7,10-14,21-22H,5,8-9H2,1-4H3,(H,24,25,26);2-3H2,1H3/b11-10+,23-19?;. The fourth-order valence-electron chi connectivity index (χ4n) is 2.52. The van der Waals surface area contributed by atoms with Crippen LogP contribution in [0.5, 0.6) is 0 Å². The van der Waals surface area contributed by atoms with Gasteiger partial charge in [-0.1, -0.05) is 19.9 Å². The van der Waals surface area contributed by atoms with Crippen molar-refractivity contribution in [3.8, 4) is 0 Å². The molecular formula is C22H35N7S. The van der Waals surface area contributed by atoms with E-state index < -0.39 is 0 Å². The van der Waals surface area contributed by atoms with E-state index in [1.165, 1.54) is 11.1 Å². The summed E-state index contributed by atoms with van der Waals surface area (Å²) in [5, 5.41) is 10.6. The molecule has 0 spiro atoms. The maximum absolute atomic E-state index is 4.85. The number of aliphatic imine (C=N–C) groups is 1. The van der Waals surface area contributed by atoms with Crippen molar-refractivity contribution >= 4 is 28.4 Å². The van der Waals surface area contributed by atoms with E-state index in [1.54, 1.807) is 24.2 Å². The van der Waals surface area contributed by atoms with Gasteiger partial charge in [-0.3, -0.25) is 0 Å². The van der Waals surface area contributed by atoms with Gasteiger partial charge in [-0.2, -0.15) is 0 Å². The summed E-state index contributed by atoms with van der Waals surface area (Å²) in [5.74, 6) is 0.562. The molecule has 0 unspecified atom stereocenters. The Morgan fingerprint density at radius 1 is 1.17 bits per heavy atom. The summed E-state index contributed by atoms with van der Waals surface area (Å²) >= 11 is 1.56. The highest BCUT2D eigenvalue weighted by atomic mass is 32.2. The second-order valence-electron chi connectivity index (χ2n) is 6.44. The van der Waals surface area contributed by atoms with E-state index >= 15 is 0 Å². The first-order chi connectivity index (χ1) is 14.5. The monoisotopic (exact) mass is 429 g/mol. The zero-order valence-electron chi connectivity index (χ0n) is 18.7. The average Bonchev–Trinajstić information content (AvgIpc) is 2.70. The third-order valence-electron chi connectivity index (χ3n) is 3.63. The van der Waals surface area contributed by atoms with E-state index in [1.807, 2.05) is 25.4 Å². The summed E-state index contributed by atoms with van der Waals surface area (Å²) in [6.07, 6.45) is 7.35. The van der Waals surface area contributed by atoms with Gasteiger partial charge in [0.05, 0.1) is 0 Å². The zero-order chi connectivity index (χ0) is 22.2. The molecule has 164 valence electrons. The number of rotatable bonds is 9. The molecule has 1 aromatic heterocycles. The van der Waals surface area contributed by atoms with E-state index in [2.05, 4.69) is 69.9 Å². The molecule has 2 rings (SSSR count). The smallest absolute Gasteiger partial charge is 0.227 e. The minimum atomic E-state index is 0.562. The van der Waals surface area contributed by atoms with E-state index in [-0.39, 0.29) is 0 Å². The Labute approximate surface area is 185 Å². The van der Waals surface area contributed by atoms with Crippen molar-refractivity contribution < 1.29 is 0 Å². The second kappa shape index (κ2) is 15.4. The Bertz CT molecular complexity index is 786. The molecule has 1 heterocycles. The number of likely N-dealkylation sites (N-methyl/N-ethyl adjacent to an activating group) is 1.